The topological polar surface area (TPSA) is 72.4 Å². The van der Waals surface area contributed by atoms with Gasteiger partial charge in [-0.15, -0.1) is 0 Å². The Hall–Kier alpha value is -1.63. The average molecular weight is 293 g/mol. The molecule has 3 rings (SSSR count). The van der Waals surface area contributed by atoms with E-state index in [0.717, 1.165) is 45.1 Å². The fourth-order valence-corrected chi connectivity index (χ4v) is 2.69. The smallest absolute Gasteiger partial charge is 0.323 e. The molecule has 0 aliphatic carbocycles. The van der Waals surface area contributed by atoms with Crippen LogP contribution in [0.25, 0.3) is 0 Å². The molecule has 1 aromatic heterocycles. The van der Waals surface area contributed by atoms with E-state index in [1.54, 1.807) is 0 Å². The SMILES string of the molecule is CNc1nc(OC2CCOCC2)nc(N2CCCCC2)n1. The van der Waals surface area contributed by atoms with Gasteiger partial charge in [0.1, 0.15) is 6.10 Å². The second-order valence-corrected chi connectivity index (χ2v) is 5.47. The molecular weight excluding hydrogens is 270 g/mol. The van der Waals surface area contributed by atoms with Crippen LogP contribution in [0.2, 0.25) is 0 Å². The largest absolute Gasteiger partial charge is 0.460 e. The molecule has 2 aliphatic heterocycles. The molecule has 21 heavy (non-hydrogen) atoms. The molecule has 2 aliphatic rings. The van der Waals surface area contributed by atoms with Gasteiger partial charge >= 0.3 is 6.01 Å². The van der Waals surface area contributed by atoms with Crippen molar-refractivity contribution in [3.05, 3.63) is 0 Å². The fraction of sp³-hybridized carbons (Fsp3) is 0.786. The summed E-state index contributed by atoms with van der Waals surface area (Å²) in [5.41, 5.74) is 0. The minimum atomic E-state index is 0.139. The minimum Gasteiger partial charge on any atom is -0.460 e. The van der Waals surface area contributed by atoms with E-state index >= 15 is 0 Å². The molecule has 0 bridgehead atoms. The number of nitrogens with one attached hydrogen (secondary N) is 1. The lowest BCUT2D eigenvalue weighted by Gasteiger charge is -2.27. The highest BCUT2D eigenvalue weighted by Crippen LogP contribution is 2.21. The summed E-state index contributed by atoms with van der Waals surface area (Å²) in [6, 6.07) is 0.418. The van der Waals surface area contributed by atoms with Crippen molar-refractivity contribution in [2.24, 2.45) is 0 Å². The Balaban J connectivity index is 1.75. The molecule has 0 radical (unpaired) electrons. The van der Waals surface area contributed by atoms with Crippen molar-refractivity contribution >= 4 is 11.9 Å². The van der Waals surface area contributed by atoms with Crippen molar-refractivity contribution in [1.82, 2.24) is 15.0 Å². The molecule has 7 heteroatoms. The second kappa shape index (κ2) is 6.89. The molecule has 1 N–H and O–H groups in total. The molecule has 1 aromatic rings. The molecule has 0 spiro atoms. The van der Waals surface area contributed by atoms with Crippen LogP contribution in [0, 0.1) is 0 Å². The highest BCUT2D eigenvalue weighted by Gasteiger charge is 2.20. The summed E-state index contributed by atoms with van der Waals surface area (Å²) < 4.78 is 11.3. The van der Waals surface area contributed by atoms with Crippen LogP contribution in [0.4, 0.5) is 11.9 Å². The van der Waals surface area contributed by atoms with E-state index < -0.39 is 0 Å². The molecule has 2 fully saturated rings. The number of rotatable bonds is 4. The van der Waals surface area contributed by atoms with E-state index in [2.05, 4.69) is 25.2 Å². The van der Waals surface area contributed by atoms with E-state index in [9.17, 15) is 0 Å². The lowest BCUT2D eigenvalue weighted by atomic mass is 10.1. The van der Waals surface area contributed by atoms with Crippen LogP contribution in [0.3, 0.4) is 0 Å². The van der Waals surface area contributed by atoms with Crippen LogP contribution in [0.1, 0.15) is 32.1 Å². The minimum absolute atomic E-state index is 0.139. The molecule has 3 heterocycles. The Morgan fingerprint density at radius 1 is 1.10 bits per heavy atom. The quantitative estimate of drug-likeness (QED) is 0.901. The highest BCUT2D eigenvalue weighted by atomic mass is 16.5. The molecular formula is C14H23N5O2. The third-order valence-electron chi connectivity index (χ3n) is 3.91. The molecule has 0 amide bonds. The number of hydrogen-bond donors (Lipinski definition) is 1. The standard InChI is InChI=1S/C14H23N5O2/c1-15-12-16-13(19-7-3-2-4-8-19)18-14(17-12)21-11-5-9-20-10-6-11/h11H,2-10H2,1H3,(H,15,16,17,18). The van der Waals surface area contributed by atoms with Crippen molar-refractivity contribution in [2.45, 2.75) is 38.2 Å². The van der Waals surface area contributed by atoms with Gasteiger partial charge in [0.2, 0.25) is 11.9 Å². The number of anilines is 2. The molecule has 116 valence electrons. The van der Waals surface area contributed by atoms with E-state index in [4.69, 9.17) is 9.47 Å². The Bertz CT molecular complexity index is 459. The Morgan fingerprint density at radius 2 is 1.86 bits per heavy atom. The second-order valence-electron chi connectivity index (χ2n) is 5.47. The van der Waals surface area contributed by atoms with Crippen molar-refractivity contribution in [2.75, 3.05) is 43.6 Å². The van der Waals surface area contributed by atoms with Crippen LogP contribution in [-0.4, -0.2) is 54.4 Å². The Labute approximate surface area is 125 Å². The number of nitrogens with zero attached hydrogens (tertiary/aromatic N) is 4. The zero-order chi connectivity index (χ0) is 14.5. The third kappa shape index (κ3) is 3.72. The Kier molecular flexibility index (Phi) is 4.69. The van der Waals surface area contributed by atoms with Gasteiger partial charge < -0.3 is 19.7 Å². The monoisotopic (exact) mass is 293 g/mol. The summed E-state index contributed by atoms with van der Waals surface area (Å²) in [5, 5.41) is 2.99. The van der Waals surface area contributed by atoms with Crippen molar-refractivity contribution < 1.29 is 9.47 Å². The summed E-state index contributed by atoms with van der Waals surface area (Å²) in [5.74, 6) is 1.28. The van der Waals surface area contributed by atoms with Gasteiger partial charge in [-0.1, -0.05) is 0 Å². The molecule has 0 atom stereocenters. The van der Waals surface area contributed by atoms with E-state index in [-0.39, 0.29) is 6.10 Å². The first-order valence-corrected chi connectivity index (χ1v) is 7.78. The van der Waals surface area contributed by atoms with Crippen LogP contribution in [-0.2, 0) is 4.74 Å². The summed E-state index contributed by atoms with van der Waals surface area (Å²) in [7, 11) is 1.81. The zero-order valence-corrected chi connectivity index (χ0v) is 12.5. The number of hydrogen-bond acceptors (Lipinski definition) is 7. The third-order valence-corrected chi connectivity index (χ3v) is 3.91. The fourth-order valence-electron chi connectivity index (χ4n) is 2.69. The summed E-state index contributed by atoms with van der Waals surface area (Å²) >= 11 is 0. The Morgan fingerprint density at radius 3 is 2.57 bits per heavy atom. The highest BCUT2D eigenvalue weighted by molar-refractivity contribution is 5.38. The first-order valence-electron chi connectivity index (χ1n) is 7.78. The maximum Gasteiger partial charge on any atom is 0.323 e. The van der Waals surface area contributed by atoms with Crippen LogP contribution in [0.5, 0.6) is 6.01 Å². The summed E-state index contributed by atoms with van der Waals surface area (Å²) in [4.78, 5) is 15.5. The predicted molar refractivity (Wildman–Crippen MR) is 79.9 cm³/mol. The van der Waals surface area contributed by atoms with Crippen LogP contribution in [0.15, 0.2) is 0 Å². The van der Waals surface area contributed by atoms with Gasteiger partial charge in [0, 0.05) is 33.0 Å². The maximum absolute atomic E-state index is 5.92. The predicted octanol–water partition coefficient (Wildman–Crippen LogP) is 1.46. The van der Waals surface area contributed by atoms with Gasteiger partial charge in [-0.25, -0.2) is 0 Å². The van der Waals surface area contributed by atoms with Crippen LogP contribution < -0.4 is 15.0 Å². The number of aromatic nitrogens is 3. The van der Waals surface area contributed by atoms with Gasteiger partial charge in [0.05, 0.1) is 13.2 Å². The van der Waals surface area contributed by atoms with Gasteiger partial charge in [0.15, 0.2) is 0 Å². The molecule has 0 unspecified atom stereocenters. The van der Waals surface area contributed by atoms with E-state index in [1.165, 1.54) is 19.3 Å². The number of ether oxygens (including phenoxy) is 2. The molecule has 7 nitrogen and oxygen atoms in total. The van der Waals surface area contributed by atoms with Crippen molar-refractivity contribution in [3.8, 4) is 6.01 Å². The molecule has 0 saturated carbocycles. The van der Waals surface area contributed by atoms with Gasteiger partial charge in [-0.05, 0) is 19.3 Å². The van der Waals surface area contributed by atoms with Gasteiger partial charge in [0.25, 0.3) is 0 Å². The summed E-state index contributed by atoms with van der Waals surface area (Å²) in [6.07, 6.45) is 5.58. The van der Waals surface area contributed by atoms with Gasteiger partial charge in [-0.2, -0.15) is 15.0 Å². The van der Waals surface area contributed by atoms with Crippen molar-refractivity contribution in [3.63, 3.8) is 0 Å². The first kappa shape index (κ1) is 14.3. The number of piperidine rings is 1. The van der Waals surface area contributed by atoms with Crippen molar-refractivity contribution in [1.29, 1.82) is 0 Å². The normalized spacial score (nSPS) is 20.3. The average Bonchev–Trinajstić information content (AvgIpc) is 2.56. The zero-order valence-electron chi connectivity index (χ0n) is 12.5. The van der Waals surface area contributed by atoms with E-state index in [1.807, 2.05) is 7.05 Å². The first-order chi connectivity index (χ1) is 10.3. The maximum atomic E-state index is 5.92. The lowest BCUT2D eigenvalue weighted by molar-refractivity contribution is 0.0217. The molecule has 2 saturated heterocycles. The summed E-state index contributed by atoms with van der Waals surface area (Å²) in [6.45, 7) is 3.50. The van der Waals surface area contributed by atoms with Gasteiger partial charge in [-0.3, -0.25) is 0 Å². The lowest BCUT2D eigenvalue weighted by Crippen LogP contribution is -2.32. The molecule has 0 aromatic carbocycles. The van der Waals surface area contributed by atoms with Crippen LogP contribution >= 0.6 is 0 Å². The van der Waals surface area contributed by atoms with E-state index in [0.29, 0.717) is 12.0 Å².